The third-order valence-corrected chi connectivity index (χ3v) is 4.56. The van der Waals surface area contributed by atoms with Crippen LogP contribution in [0.1, 0.15) is 22.5 Å². The lowest BCUT2D eigenvalue weighted by atomic mass is 10.0. The van der Waals surface area contributed by atoms with Crippen LogP contribution in [0.2, 0.25) is 0 Å². The van der Waals surface area contributed by atoms with Gasteiger partial charge in [0.05, 0.1) is 33.4 Å². The molecule has 0 spiro atoms. The Morgan fingerprint density at radius 3 is 2.71 bits per heavy atom. The van der Waals surface area contributed by atoms with Crippen molar-refractivity contribution in [1.29, 1.82) is 0 Å². The number of aryl methyl sites for hydroxylation is 1. The molecule has 8 nitrogen and oxygen atoms in total. The zero-order chi connectivity index (χ0) is 20.1. The van der Waals surface area contributed by atoms with Crippen molar-refractivity contribution in [3.63, 3.8) is 0 Å². The zero-order valence-corrected chi connectivity index (χ0v) is 16.1. The lowest BCUT2D eigenvalue weighted by Gasteiger charge is -2.29. The number of likely N-dealkylation sites (N-methyl/N-ethyl adjacent to an activating group) is 1. The van der Waals surface area contributed by atoms with Gasteiger partial charge in [-0.1, -0.05) is 6.07 Å². The van der Waals surface area contributed by atoms with Gasteiger partial charge in [-0.25, -0.2) is 0 Å². The van der Waals surface area contributed by atoms with Gasteiger partial charge in [-0.2, -0.15) is 0 Å². The first-order chi connectivity index (χ1) is 13.5. The van der Waals surface area contributed by atoms with E-state index in [0.717, 1.165) is 30.6 Å². The minimum Gasteiger partial charge on any atom is -0.459 e. The number of nitrogens with zero attached hydrogens (tertiary/aromatic N) is 1. The molecule has 0 saturated heterocycles. The highest BCUT2D eigenvalue weighted by atomic mass is 16.3. The second kappa shape index (κ2) is 8.71. The number of quaternary nitrogens is 1. The molecule has 148 valence electrons. The van der Waals surface area contributed by atoms with E-state index in [1.807, 2.05) is 20.2 Å². The number of fused-ring (bicyclic) bond motifs is 1. The second-order valence-corrected chi connectivity index (χ2v) is 7.05. The number of amides is 3. The molecule has 2 aromatic rings. The van der Waals surface area contributed by atoms with Crippen LogP contribution in [0.5, 0.6) is 0 Å². The number of nitrogens with one attached hydrogen (secondary N) is 3. The third kappa shape index (κ3) is 4.58. The molecule has 3 amide bonds. The summed E-state index contributed by atoms with van der Waals surface area (Å²) in [7, 11) is 3.93. The highest BCUT2D eigenvalue weighted by Crippen LogP contribution is 2.31. The largest absolute Gasteiger partial charge is 0.459 e. The second-order valence-electron chi connectivity index (χ2n) is 7.05. The fraction of sp³-hybridized carbons (Fsp3) is 0.350. The summed E-state index contributed by atoms with van der Waals surface area (Å²) in [6.07, 6.45) is 3.16. The maximum atomic E-state index is 12.7. The lowest BCUT2D eigenvalue weighted by molar-refractivity contribution is -0.856. The third-order valence-electron chi connectivity index (χ3n) is 4.56. The number of carbonyl (C=O) groups excluding carboxylic acids is 3. The minimum absolute atomic E-state index is 0.224. The number of hydrogen-bond donors (Lipinski definition) is 3. The Morgan fingerprint density at radius 2 is 2.00 bits per heavy atom. The van der Waals surface area contributed by atoms with Gasteiger partial charge in [0.15, 0.2) is 5.76 Å². The fourth-order valence-electron chi connectivity index (χ4n) is 3.09. The van der Waals surface area contributed by atoms with Gasteiger partial charge in [0, 0.05) is 17.9 Å². The van der Waals surface area contributed by atoms with E-state index < -0.39 is 11.8 Å². The van der Waals surface area contributed by atoms with Crippen LogP contribution in [0.15, 0.2) is 41.0 Å². The van der Waals surface area contributed by atoms with Gasteiger partial charge >= 0.3 is 11.8 Å². The van der Waals surface area contributed by atoms with Crippen LogP contribution in [0.3, 0.4) is 0 Å². The maximum absolute atomic E-state index is 12.7. The van der Waals surface area contributed by atoms with Crippen LogP contribution >= 0.6 is 0 Å². The summed E-state index contributed by atoms with van der Waals surface area (Å²) in [5, 5.41) is 5.20. The Labute approximate surface area is 163 Å². The van der Waals surface area contributed by atoms with Crippen molar-refractivity contribution in [2.45, 2.75) is 12.8 Å². The number of hydrogen-bond acceptors (Lipinski definition) is 4. The van der Waals surface area contributed by atoms with E-state index >= 15 is 0 Å². The average molecular weight is 385 g/mol. The number of carbonyl (C=O) groups is 3. The predicted molar refractivity (Wildman–Crippen MR) is 104 cm³/mol. The summed E-state index contributed by atoms with van der Waals surface area (Å²) in [5.74, 6) is -1.36. The molecule has 0 bridgehead atoms. The fourth-order valence-corrected chi connectivity index (χ4v) is 3.09. The molecule has 2 heterocycles. The van der Waals surface area contributed by atoms with Crippen LogP contribution in [0, 0.1) is 0 Å². The van der Waals surface area contributed by atoms with Crippen molar-refractivity contribution in [1.82, 2.24) is 5.32 Å². The minimum atomic E-state index is -0.728. The first kappa shape index (κ1) is 19.6. The molecule has 3 N–H and O–H groups in total. The molecule has 1 aromatic carbocycles. The summed E-state index contributed by atoms with van der Waals surface area (Å²) in [6.45, 7) is 1.71. The number of furan rings is 1. The van der Waals surface area contributed by atoms with Crippen molar-refractivity contribution in [2.24, 2.45) is 0 Å². The summed E-state index contributed by atoms with van der Waals surface area (Å²) in [6, 6.07) is 8.65. The first-order valence-electron chi connectivity index (χ1n) is 9.32. The molecule has 1 aliphatic heterocycles. The van der Waals surface area contributed by atoms with Crippen molar-refractivity contribution in [3.05, 3.63) is 47.9 Å². The van der Waals surface area contributed by atoms with Crippen molar-refractivity contribution >= 4 is 29.1 Å². The highest BCUT2D eigenvalue weighted by Gasteiger charge is 2.26. The predicted octanol–water partition coefficient (Wildman–Crippen LogP) is 0.0718. The van der Waals surface area contributed by atoms with Gasteiger partial charge in [0.25, 0.3) is 5.91 Å². The summed E-state index contributed by atoms with van der Waals surface area (Å²) >= 11 is 0. The molecule has 0 aliphatic carbocycles. The Hall–Kier alpha value is -3.13. The number of anilines is 2. The van der Waals surface area contributed by atoms with Crippen LogP contribution in [0.4, 0.5) is 11.4 Å². The molecule has 0 saturated carbocycles. The van der Waals surface area contributed by atoms with E-state index in [2.05, 4.69) is 10.6 Å². The monoisotopic (exact) mass is 385 g/mol. The Balaban J connectivity index is 1.71. The first-order valence-corrected chi connectivity index (χ1v) is 9.32. The summed E-state index contributed by atoms with van der Waals surface area (Å²) in [5.41, 5.74) is 2.21. The van der Waals surface area contributed by atoms with Gasteiger partial charge in [-0.05, 0) is 42.7 Å². The highest BCUT2D eigenvalue weighted by molar-refractivity contribution is 6.39. The van der Waals surface area contributed by atoms with E-state index in [4.69, 9.17) is 4.42 Å². The van der Waals surface area contributed by atoms with Crippen molar-refractivity contribution in [2.75, 3.05) is 43.9 Å². The molecule has 0 unspecified atom stereocenters. The summed E-state index contributed by atoms with van der Waals surface area (Å²) in [4.78, 5) is 39.6. The Morgan fingerprint density at radius 1 is 1.18 bits per heavy atom. The molecule has 8 heteroatoms. The van der Waals surface area contributed by atoms with Crippen LogP contribution in [-0.4, -0.2) is 51.5 Å². The number of rotatable bonds is 5. The normalized spacial score (nSPS) is 13.2. The molecule has 1 aliphatic rings. The molecule has 28 heavy (non-hydrogen) atoms. The molecule has 1 aromatic heterocycles. The topological polar surface area (TPSA) is 96.1 Å². The van der Waals surface area contributed by atoms with Crippen LogP contribution < -0.4 is 20.4 Å². The van der Waals surface area contributed by atoms with Crippen molar-refractivity contribution in [3.8, 4) is 0 Å². The SMILES string of the molecule is C[NH+](C)CCNC(=O)C(=O)Nc1ccc2c(c1)N(C(=O)c1ccco1)CCC2. The van der Waals surface area contributed by atoms with Gasteiger partial charge < -0.3 is 24.9 Å². The van der Waals surface area contributed by atoms with E-state index in [-0.39, 0.29) is 11.7 Å². The molecular formula is C20H25N4O4+. The zero-order valence-electron chi connectivity index (χ0n) is 16.1. The Kier molecular flexibility index (Phi) is 6.10. The van der Waals surface area contributed by atoms with Crippen LogP contribution in [-0.2, 0) is 16.0 Å². The lowest BCUT2D eigenvalue weighted by Crippen LogP contribution is -3.06. The molecular weight excluding hydrogens is 360 g/mol. The number of benzene rings is 1. The molecule has 3 rings (SSSR count). The van der Waals surface area contributed by atoms with E-state index in [9.17, 15) is 14.4 Å². The van der Waals surface area contributed by atoms with E-state index in [1.54, 1.807) is 29.2 Å². The van der Waals surface area contributed by atoms with Gasteiger partial charge in [-0.15, -0.1) is 0 Å². The van der Waals surface area contributed by atoms with Crippen LogP contribution in [0.25, 0.3) is 0 Å². The molecule has 0 fully saturated rings. The van der Waals surface area contributed by atoms with E-state index in [0.29, 0.717) is 18.8 Å². The smallest absolute Gasteiger partial charge is 0.313 e. The van der Waals surface area contributed by atoms with Gasteiger partial charge in [0.2, 0.25) is 0 Å². The molecule has 0 atom stereocenters. The standard InChI is InChI=1S/C20H24N4O4/c1-23(2)11-9-21-18(25)19(26)22-15-8-7-14-5-3-10-24(16(14)13-15)20(27)17-6-4-12-28-17/h4,6-8,12-13H,3,5,9-11H2,1-2H3,(H,21,25)(H,22,26)/p+1. The quantitative estimate of drug-likeness (QED) is 0.635. The van der Waals surface area contributed by atoms with E-state index in [1.165, 1.54) is 11.2 Å². The molecule has 0 radical (unpaired) electrons. The van der Waals surface area contributed by atoms with Gasteiger partial charge in [-0.3, -0.25) is 14.4 Å². The van der Waals surface area contributed by atoms with Crippen molar-refractivity contribution < 1.29 is 23.7 Å². The van der Waals surface area contributed by atoms with Gasteiger partial charge in [0.1, 0.15) is 0 Å². The summed E-state index contributed by atoms with van der Waals surface area (Å²) < 4.78 is 5.23. The average Bonchev–Trinajstić information content (AvgIpc) is 3.21. The maximum Gasteiger partial charge on any atom is 0.313 e. The Bertz CT molecular complexity index is 861.